The molecule has 0 spiro atoms. The molecule has 162 valence electrons. The van der Waals surface area contributed by atoms with Crippen LogP contribution in [-0.4, -0.2) is 68.4 Å². The van der Waals surface area contributed by atoms with Crippen LogP contribution in [0, 0.1) is 0 Å². The summed E-state index contributed by atoms with van der Waals surface area (Å²) in [5.41, 5.74) is 2.40. The van der Waals surface area contributed by atoms with Crippen molar-refractivity contribution in [1.29, 1.82) is 0 Å². The Morgan fingerprint density at radius 3 is 2.06 bits per heavy atom. The number of para-hydroxylation sites is 2. The molecule has 2 aromatic carbocycles. The number of piperazine rings is 1. The van der Waals surface area contributed by atoms with Gasteiger partial charge in [0.2, 0.25) is 0 Å². The van der Waals surface area contributed by atoms with Crippen molar-refractivity contribution in [2.24, 2.45) is 0 Å². The molecule has 1 fully saturated rings. The minimum atomic E-state index is -0.231. The molecular formula is C22H25N5O4. The third kappa shape index (κ3) is 4.40. The molecule has 2 amide bonds. The van der Waals surface area contributed by atoms with Gasteiger partial charge in [0.25, 0.3) is 5.88 Å². The molecule has 1 aliphatic rings. The number of hydrogen-bond acceptors (Lipinski definition) is 7. The largest absolute Gasteiger partial charge is 0.497 e. The maximum Gasteiger partial charge on any atom is 0.323 e. The van der Waals surface area contributed by atoms with Gasteiger partial charge < -0.3 is 24.0 Å². The van der Waals surface area contributed by atoms with Crippen LogP contribution >= 0.6 is 0 Å². The molecule has 0 aliphatic carbocycles. The maximum absolute atomic E-state index is 12.8. The monoisotopic (exact) mass is 423 g/mol. The van der Waals surface area contributed by atoms with Crippen molar-refractivity contribution < 1.29 is 19.0 Å². The zero-order valence-corrected chi connectivity index (χ0v) is 17.8. The number of hydrogen-bond donors (Lipinski definition) is 1. The van der Waals surface area contributed by atoms with Crippen LogP contribution in [0.1, 0.15) is 0 Å². The fourth-order valence-electron chi connectivity index (χ4n) is 3.53. The lowest BCUT2D eigenvalue weighted by Crippen LogP contribution is -2.50. The predicted molar refractivity (Wildman–Crippen MR) is 118 cm³/mol. The van der Waals surface area contributed by atoms with E-state index in [0.29, 0.717) is 43.0 Å². The summed E-state index contributed by atoms with van der Waals surface area (Å²) >= 11 is 0. The summed E-state index contributed by atoms with van der Waals surface area (Å²) < 4.78 is 16.0. The lowest BCUT2D eigenvalue weighted by atomic mass is 10.2. The SMILES string of the molecule is COc1cc(OC)cc(N2CCN(C(=O)Nc3nc4ccccc4nc3OC)CC2)c1. The van der Waals surface area contributed by atoms with E-state index in [1.807, 2.05) is 42.5 Å². The zero-order valence-electron chi connectivity index (χ0n) is 17.8. The van der Waals surface area contributed by atoms with E-state index in [4.69, 9.17) is 14.2 Å². The third-order valence-corrected chi connectivity index (χ3v) is 5.23. The van der Waals surface area contributed by atoms with Crippen molar-refractivity contribution in [2.75, 3.05) is 57.7 Å². The zero-order chi connectivity index (χ0) is 21.8. The number of rotatable bonds is 5. The van der Waals surface area contributed by atoms with Crippen LogP contribution in [0.2, 0.25) is 0 Å². The second-order valence-corrected chi connectivity index (χ2v) is 7.05. The topological polar surface area (TPSA) is 89.1 Å². The Balaban J connectivity index is 1.44. The summed E-state index contributed by atoms with van der Waals surface area (Å²) in [7, 11) is 4.77. The average molecular weight is 423 g/mol. The van der Waals surface area contributed by atoms with Crippen molar-refractivity contribution in [3.63, 3.8) is 0 Å². The van der Waals surface area contributed by atoms with Crippen molar-refractivity contribution in [3.8, 4) is 17.4 Å². The normalized spacial score (nSPS) is 13.8. The Hall–Kier alpha value is -3.75. The molecular weight excluding hydrogens is 398 g/mol. The number of methoxy groups -OCH3 is 3. The highest BCUT2D eigenvalue weighted by Crippen LogP contribution is 2.29. The van der Waals surface area contributed by atoms with Crippen molar-refractivity contribution in [1.82, 2.24) is 14.9 Å². The van der Waals surface area contributed by atoms with Gasteiger partial charge in [-0.1, -0.05) is 12.1 Å². The van der Waals surface area contributed by atoms with Crippen LogP contribution in [0.25, 0.3) is 11.0 Å². The first-order valence-corrected chi connectivity index (χ1v) is 9.96. The highest BCUT2D eigenvalue weighted by molar-refractivity contribution is 5.91. The molecule has 3 aromatic rings. The fraction of sp³-hybridized carbons (Fsp3) is 0.318. The van der Waals surface area contributed by atoms with E-state index in [1.54, 1.807) is 19.1 Å². The number of benzene rings is 2. The molecule has 0 unspecified atom stereocenters. The molecule has 4 rings (SSSR count). The van der Waals surface area contributed by atoms with E-state index in [1.165, 1.54) is 7.11 Å². The van der Waals surface area contributed by atoms with Crippen LogP contribution < -0.4 is 24.4 Å². The van der Waals surface area contributed by atoms with Gasteiger partial charge in [0.05, 0.1) is 32.4 Å². The van der Waals surface area contributed by atoms with Crippen LogP contribution in [0.4, 0.5) is 16.3 Å². The number of nitrogens with one attached hydrogen (secondary N) is 1. The third-order valence-electron chi connectivity index (χ3n) is 5.23. The number of amides is 2. The molecule has 0 radical (unpaired) electrons. The molecule has 2 heterocycles. The van der Waals surface area contributed by atoms with Crippen molar-refractivity contribution in [3.05, 3.63) is 42.5 Å². The molecule has 31 heavy (non-hydrogen) atoms. The Morgan fingerprint density at radius 2 is 1.48 bits per heavy atom. The first kappa shape index (κ1) is 20.5. The van der Waals surface area contributed by atoms with Gasteiger partial charge in [0.15, 0.2) is 5.82 Å². The van der Waals surface area contributed by atoms with E-state index >= 15 is 0 Å². The molecule has 0 atom stereocenters. The Bertz CT molecular complexity index is 1060. The van der Waals surface area contributed by atoms with E-state index in [-0.39, 0.29) is 11.9 Å². The van der Waals surface area contributed by atoms with Gasteiger partial charge in [-0.2, -0.15) is 0 Å². The molecule has 9 nitrogen and oxygen atoms in total. The first-order chi connectivity index (χ1) is 15.1. The minimum absolute atomic E-state index is 0.231. The number of fused-ring (bicyclic) bond motifs is 1. The summed E-state index contributed by atoms with van der Waals surface area (Å²) in [4.78, 5) is 25.7. The van der Waals surface area contributed by atoms with Gasteiger partial charge in [0, 0.05) is 50.1 Å². The fourth-order valence-corrected chi connectivity index (χ4v) is 3.53. The predicted octanol–water partition coefficient (Wildman–Crippen LogP) is 3.01. The molecule has 0 bridgehead atoms. The summed E-state index contributed by atoms with van der Waals surface area (Å²) in [6.07, 6.45) is 0. The molecule has 9 heteroatoms. The number of carbonyl (C=O) groups excluding carboxylic acids is 1. The number of ether oxygens (including phenoxy) is 3. The van der Waals surface area contributed by atoms with Gasteiger partial charge in [-0.25, -0.2) is 14.8 Å². The number of urea groups is 1. The standard InChI is InChI=1S/C22H25N5O4/c1-29-16-12-15(13-17(14-16)30-2)26-8-10-27(11-9-26)22(28)25-20-21(31-3)24-19-7-5-4-6-18(19)23-20/h4-7,12-14H,8-11H2,1-3H3,(H,23,25,28). The summed E-state index contributed by atoms with van der Waals surface area (Å²) in [6.45, 7) is 2.50. The maximum atomic E-state index is 12.8. The van der Waals surface area contributed by atoms with Crippen LogP contribution in [0.15, 0.2) is 42.5 Å². The Morgan fingerprint density at radius 1 is 0.871 bits per heavy atom. The summed E-state index contributed by atoms with van der Waals surface area (Å²) in [5.74, 6) is 2.06. The average Bonchev–Trinajstić information content (AvgIpc) is 2.83. The number of aromatic nitrogens is 2. The van der Waals surface area contributed by atoms with E-state index in [0.717, 1.165) is 17.2 Å². The van der Waals surface area contributed by atoms with Gasteiger partial charge in [0.1, 0.15) is 11.5 Å². The van der Waals surface area contributed by atoms with E-state index in [9.17, 15) is 4.79 Å². The Labute approximate surface area is 180 Å². The minimum Gasteiger partial charge on any atom is -0.497 e. The molecule has 1 aliphatic heterocycles. The van der Waals surface area contributed by atoms with E-state index < -0.39 is 0 Å². The van der Waals surface area contributed by atoms with Gasteiger partial charge >= 0.3 is 6.03 Å². The second kappa shape index (κ2) is 8.95. The quantitative estimate of drug-likeness (QED) is 0.675. The lowest BCUT2D eigenvalue weighted by Gasteiger charge is -2.36. The van der Waals surface area contributed by atoms with Crippen LogP contribution in [-0.2, 0) is 0 Å². The number of nitrogens with zero attached hydrogens (tertiary/aromatic N) is 4. The molecule has 1 saturated heterocycles. The smallest absolute Gasteiger partial charge is 0.323 e. The lowest BCUT2D eigenvalue weighted by molar-refractivity contribution is 0.208. The van der Waals surface area contributed by atoms with E-state index in [2.05, 4.69) is 20.2 Å². The highest BCUT2D eigenvalue weighted by Gasteiger charge is 2.23. The van der Waals surface area contributed by atoms with Gasteiger partial charge in [-0.15, -0.1) is 0 Å². The molecule has 1 aromatic heterocycles. The van der Waals surface area contributed by atoms with Crippen molar-refractivity contribution >= 4 is 28.6 Å². The molecule has 0 saturated carbocycles. The van der Waals surface area contributed by atoms with Crippen LogP contribution in [0.3, 0.4) is 0 Å². The Kier molecular flexibility index (Phi) is 5.92. The van der Waals surface area contributed by atoms with Gasteiger partial charge in [-0.3, -0.25) is 5.32 Å². The van der Waals surface area contributed by atoms with Crippen molar-refractivity contribution in [2.45, 2.75) is 0 Å². The first-order valence-electron chi connectivity index (χ1n) is 9.96. The summed E-state index contributed by atoms with van der Waals surface area (Å²) in [5, 5.41) is 2.84. The van der Waals surface area contributed by atoms with Crippen LogP contribution in [0.5, 0.6) is 17.4 Å². The second-order valence-electron chi connectivity index (χ2n) is 7.05. The number of carbonyl (C=O) groups is 1. The van der Waals surface area contributed by atoms with Gasteiger partial charge in [-0.05, 0) is 12.1 Å². The highest BCUT2D eigenvalue weighted by atomic mass is 16.5. The number of anilines is 2. The molecule has 1 N–H and O–H groups in total. The summed E-state index contributed by atoms with van der Waals surface area (Å²) in [6, 6.07) is 13.0.